The molecule has 3 atom stereocenters. The van der Waals surface area contributed by atoms with Gasteiger partial charge in [0.2, 0.25) is 5.91 Å². The van der Waals surface area contributed by atoms with Crippen molar-refractivity contribution in [3.8, 4) is 0 Å². The van der Waals surface area contributed by atoms with Gasteiger partial charge in [0.05, 0.1) is 18.8 Å². The van der Waals surface area contributed by atoms with Gasteiger partial charge in [-0.25, -0.2) is 0 Å². The summed E-state index contributed by atoms with van der Waals surface area (Å²) in [6.07, 6.45) is 32.6. The van der Waals surface area contributed by atoms with Crippen molar-refractivity contribution in [2.45, 2.75) is 180 Å². The zero-order valence-electron chi connectivity index (χ0n) is 25.8. The summed E-state index contributed by atoms with van der Waals surface area (Å²) >= 11 is 0. The third-order valence-electron chi connectivity index (χ3n) is 7.53. The lowest BCUT2D eigenvalue weighted by Crippen LogP contribution is -2.50. The molecule has 0 aliphatic rings. The summed E-state index contributed by atoms with van der Waals surface area (Å²) in [5.41, 5.74) is 0. The number of nitrogens with one attached hydrogen (secondary N) is 1. The second kappa shape index (κ2) is 29.8. The summed E-state index contributed by atoms with van der Waals surface area (Å²) in [6.45, 7) is 4.11. The van der Waals surface area contributed by atoms with Crippen molar-refractivity contribution >= 4 is 5.91 Å². The SMILES string of the molecule is CCCCCCCC/C=C\CCCCCC(=O)NC(CO)C(O)C(O)CCC/C=C/CCCCCCCCC. The third kappa shape index (κ3) is 25.5. The number of aliphatic hydroxyl groups is 3. The Balaban J connectivity index is 3.82. The molecule has 1 amide bonds. The third-order valence-corrected chi connectivity index (χ3v) is 7.53. The van der Waals surface area contributed by atoms with Gasteiger partial charge in [-0.1, -0.05) is 115 Å². The Bertz CT molecular complexity index is 578. The minimum Gasteiger partial charge on any atom is -0.394 e. The molecule has 230 valence electrons. The first kappa shape index (κ1) is 37.8. The summed E-state index contributed by atoms with van der Waals surface area (Å²) in [7, 11) is 0. The molecule has 0 spiro atoms. The summed E-state index contributed by atoms with van der Waals surface area (Å²) in [5, 5.41) is 33.1. The van der Waals surface area contributed by atoms with Gasteiger partial charge in [0, 0.05) is 6.42 Å². The van der Waals surface area contributed by atoms with Gasteiger partial charge in [-0.2, -0.15) is 0 Å². The molecule has 0 aromatic carbocycles. The van der Waals surface area contributed by atoms with Crippen molar-refractivity contribution in [1.82, 2.24) is 5.32 Å². The fourth-order valence-electron chi connectivity index (χ4n) is 4.86. The maximum atomic E-state index is 12.3. The van der Waals surface area contributed by atoms with Crippen LogP contribution in [0.2, 0.25) is 0 Å². The number of allylic oxidation sites excluding steroid dienone is 4. The molecule has 0 rings (SSSR count). The minimum atomic E-state index is -1.16. The summed E-state index contributed by atoms with van der Waals surface area (Å²) < 4.78 is 0. The molecule has 3 unspecified atom stereocenters. The molecule has 0 aliphatic carbocycles. The number of carbonyl (C=O) groups is 1. The van der Waals surface area contributed by atoms with Gasteiger partial charge in [-0.05, 0) is 64.2 Å². The maximum Gasteiger partial charge on any atom is 0.220 e. The van der Waals surface area contributed by atoms with Crippen LogP contribution in [0.4, 0.5) is 0 Å². The normalized spacial score (nSPS) is 14.3. The lowest BCUT2D eigenvalue weighted by atomic mass is 10.0. The van der Waals surface area contributed by atoms with E-state index >= 15 is 0 Å². The lowest BCUT2D eigenvalue weighted by molar-refractivity contribution is -0.124. The number of aliphatic hydroxyl groups excluding tert-OH is 3. The van der Waals surface area contributed by atoms with Crippen molar-refractivity contribution in [3.05, 3.63) is 24.3 Å². The van der Waals surface area contributed by atoms with Crippen LogP contribution in [0.5, 0.6) is 0 Å². The summed E-state index contributed by atoms with van der Waals surface area (Å²) in [6, 6.07) is -0.828. The fourth-order valence-corrected chi connectivity index (χ4v) is 4.86. The molecule has 0 saturated heterocycles. The van der Waals surface area contributed by atoms with E-state index in [-0.39, 0.29) is 12.5 Å². The van der Waals surface area contributed by atoms with Crippen LogP contribution >= 0.6 is 0 Å². The highest BCUT2D eigenvalue weighted by molar-refractivity contribution is 5.76. The Morgan fingerprint density at radius 3 is 1.49 bits per heavy atom. The topological polar surface area (TPSA) is 89.8 Å². The molecule has 0 aromatic rings. The molecule has 0 fully saturated rings. The smallest absolute Gasteiger partial charge is 0.220 e. The number of hydrogen-bond donors (Lipinski definition) is 4. The number of hydrogen-bond acceptors (Lipinski definition) is 4. The van der Waals surface area contributed by atoms with Crippen molar-refractivity contribution in [1.29, 1.82) is 0 Å². The first-order valence-electron chi connectivity index (χ1n) is 16.6. The van der Waals surface area contributed by atoms with Crippen molar-refractivity contribution in [2.24, 2.45) is 0 Å². The summed E-state index contributed by atoms with van der Waals surface area (Å²) in [5.74, 6) is -0.174. The predicted molar refractivity (Wildman–Crippen MR) is 167 cm³/mol. The van der Waals surface area contributed by atoms with Crippen LogP contribution in [0.15, 0.2) is 24.3 Å². The average molecular weight is 552 g/mol. The van der Waals surface area contributed by atoms with E-state index in [1.54, 1.807) is 0 Å². The monoisotopic (exact) mass is 551 g/mol. The standard InChI is InChI=1S/C34H65NO4/c1-3-5-7-9-11-13-15-17-19-21-23-25-27-29-33(38)35-31(30-36)34(39)32(37)28-26-24-22-20-18-16-14-12-10-8-6-4-2/h17,19-20,22,31-32,34,36-37,39H,3-16,18,21,23-30H2,1-2H3,(H,35,38)/b19-17-,22-20+. The van der Waals surface area contributed by atoms with Crippen LogP contribution in [0, 0.1) is 0 Å². The Labute approximate surface area is 241 Å². The maximum absolute atomic E-state index is 12.3. The van der Waals surface area contributed by atoms with Gasteiger partial charge in [0.15, 0.2) is 0 Å². The van der Waals surface area contributed by atoms with Gasteiger partial charge >= 0.3 is 0 Å². The largest absolute Gasteiger partial charge is 0.394 e. The van der Waals surface area contributed by atoms with E-state index in [9.17, 15) is 20.1 Å². The van der Waals surface area contributed by atoms with Gasteiger partial charge < -0.3 is 20.6 Å². The van der Waals surface area contributed by atoms with Crippen molar-refractivity contribution in [2.75, 3.05) is 6.61 Å². The lowest BCUT2D eigenvalue weighted by Gasteiger charge is -2.26. The van der Waals surface area contributed by atoms with Gasteiger partial charge in [0.1, 0.15) is 6.10 Å². The van der Waals surface area contributed by atoms with E-state index < -0.39 is 18.2 Å². The Morgan fingerprint density at radius 2 is 1.03 bits per heavy atom. The van der Waals surface area contributed by atoms with E-state index in [0.717, 1.165) is 44.9 Å². The molecule has 0 saturated carbocycles. The first-order chi connectivity index (χ1) is 19.1. The predicted octanol–water partition coefficient (Wildman–Crippen LogP) is 8.31. The summed E-state index contributed by atoms with van der Waals surface area (Å²) in [4.78, 5) is 12.3. The Kier molecular flexibility index (Phi) is 28.9. The molecule has 5 nitrogen and oxygen atoms in total. The van der Waals surface area contributed by atoms with E-state index in [4.69, 9.17) is 0 Å². The molecular weight excluding hydrogens is 486 g/mol. The van der Waals surface area contributed by atoms with E-state index in [2.05, 4.69) is 43.5 Å². The fraction of sp³-hybridized carbons (Fsp3) is 0.853. The highest BCUT2D eigenvalue weighted by Crippen LogP contribution is 2.12. The second-order valence-electron chi connectivity index (χ2n) is 11.4. The Morgan fingerprint density at radius 1 is 0.615 bits per heavy atom. The molecule has 0 radical (unpaired) electrons. The number of unbranched alkanes of at least 4 members (excludes halogenated alkanes) is 17. The van der Waals surface area contributed by atoms with Crippen LogP contribution in [-0.2, 0) is 4.79 Å². The molecule has 0 aromatic heterocycles. The van der Waals surface area contributed by atoms with Crippen LogP contribution in [0.25, 0.3) is 0 Å². The minimum absolute atomic E-state index is 0.174. The van der Waals surface area contributed by atoms with Crippen LogP contribution in [0.1, 0.15) is 162 Å². The molecule has 4 N–H and O–H groups in total. The van der Waals surface area contributed by atoms with Crippen LogP contribution < -0.4 is 5.32 Å². The van der Waals surface area contributed by atoms with Crippen molar-refractivity contribution in [3.63, 3.8) is 0 Å². The van der Waals surface area contributed by atoms with Crippen LogP contribution in [0.3, 0.4) is 0 Å². The second-order valence-corrected chi connectivity index (χ2v) is 11.4. The molecular formula is C34H65NO4. The average Bonchev–Trinajstić information content (AvgIpc) is 2.94. The van der Waals surface area contributed by atoms with Gasteiger partial charge in [0.25, 0.3) is 0 Å². The van der Waals surface area contributed by atoms with E-state index in [0.29, 0.717) is 12.8 Å². The highest BCUT2D eigenvalue weighted by atomic mass is 16.3. The molecule has 39 heavy (non-hydrogen) atoms. The van der Waals surface area contributed by atoms with Crippen LogP contribution in [-0.4, -0.2) is 46.1 Å². The highest BCUT2D eigenvalue weighted by Gasteiger charge is 2.26. The number of amides is 1. The van der Waals surface area contributed by atoms with E-state index in [1.807, 2.05) is 0 Å². The van der Waals surface area contributed by atoms with Crippen molar-refractivity contribution < 1.29 is 20.1 Å². The quantitative estimate of drug-likeness (QED) is 0.0556. The first-order valence-corrected chi connectivity index (χ1v) is 16.6. The number of carbonyl (C=O) groups excluding carboxylic acids is 1. The number of rotatable bonds is 29. The van der Waals surface area contributed by atoms with E-state index in [1.165, 1.54) is 89.9 Å². The van der Waals surface area contributed by atoms with Gasteiger partial charge in [-0.15, -0.1) is 0 Å². The molecule has 0 heterocycles. The van der Waals surface area contributed by atoms with Gasteiger partial charge in [-0.3, -0.25) is 4.79 Å². The molecule has 5 heteroatoms. The zero-order chi connectivity index (χ0) is 28.8. The zero-order valence-corrected chi connectivity index (χ0v) is 25.8. The molecule has 0 aliphatic heterocycles. The molecule has 0 bridgehead atoms. The Hall–Kier alpha value is -1.17.